The number of esters is 2. The van der Waals surface area contributed by atoms with Gasteiger partial charge in [0, 0.05) is 18.7 Å². The Morgan fingerprint density at radius 1 is 0.840 bits per heavy atom. The van der Waals surface area contributed by atoms with Crippen molar-refractivity contribution in [2.75, 3.05) is 52.5 Å². The molecular formula is C57H58N6O12. The number of amides is 6. The lowest BCUT2D eigenvalue weighted by molar-refractivity contribution is -0.179. The molecule has 4 aliphatic rings. The summed E-state index contributed by atoms with van der Waals surface area (Å²) in [6, 6.07) is 27.4. The molecule has 0 unspecified atom stereocenters. The van der Waals surface area contributed by atoms with Crippen LogP contribution in [0.15, 0.2) is 115 Å². The molecule has 0 radical (unpaired) electrons. The number of morpholine rings is 1. The number of ether oxygens (including phenoxy) is 5. The molecule has 5 N–H and O–H groups in total. The molecular weight excluding hydrogens is 961 g/mol. The number of anilines is 1. The number of carbonyl (C=O) groups excluding carboxylic acids is 6. The highest BCUT2D eigenvalue weighted by molar-refractivity contribution is 6.25. The van der Waals surface area contributed by atoms with Gasteiger partial charge >= 0.3 is 24.0 Å². The van der Waals surface area contributed by atoms with E-state index >= 15 is 19.2 Å². The predicted molar refractivity (Wildman–Crippen MR) is 273 cm³/mol. The van der Waals surface area contributed by atoms with E-state index in [-0.39, 0.29) is 44.1 Å². The van der Waals surface area contributed by atoms with Crippen LogP contribution in [0.5, 0.6) is 17.2 Å². The van der Waals surface area contributed by atoms with Crippen molar-refractivity contribution in [2.24, 2.45) is 17.6 Å². The fourth-order valence-corrected chi connectivity index (χ4v) is 11.2. The lowest BCUT2D eigenvalue weighted by Crippen LogP contribution is -2.58. The number of hydrogen-bond donors (Lipinski definition) is 4. The lowest BCUT2D eigenvalue weighted by atomic mass is 9.64. The molecule has 7 atom stereocenters. The van der Waals surface area contributed by atoms with Crippen molar-refractivity contribution in [1.82, 2.24) is 20.4 Å². The zero-order valence-corrected chi connectivity index (χ0v) is 42.1. The molecule has 9 rings (SSSR count). The van der Waals surface area contributed by atoms with E-state index in [0.29, 0.717) is 45.9 Å². The van der Waals surface area contributed by atoms with Crippen LogP contribution in [0.1, 0.15) is 71.0 Å². The standard InChI is InChI=1S/C57H58N6O12/c1-33(2)46(52(66)73-5)60-56(70)62-42-23-18-34(13-12-25-59-55(58)69)29-41(42)57(54(62)68)45(51(65)61-26-24-38-30-43(71-3)44(72-4)31-39(38)32-61)48-53(67)75-49(36-16-10-7-11-17-36)47(35-14-8-6-9-15-35)63(48)50(57)37-19-21-40(22-20-37)74-28-27-64/h6-11,14-23,29-31,33,45-50,64H,24-28,32H2,1-5H3,(H,60,70)(H3,58,59,69)/t45-,46-,47-,48-,49+,50+,57-/m0/s1. The summed E-state index contributed by atoms with van der Waals surface area (Å²) in [6.07, 6.45) is -0.608. The van der Waals surface area contributed by atoms with Crippen molar-refractivity contribution in [3.63, 3.8) is 0 Å². The maximum Gasteiger partial charge on any atom is 0.329 e. The van der Waals surface area contributed by atoms with Gasteiger partial charge in [-0.2, -0.15) is 0 Å². The second kappa shape index (κ2) is 21.6. The molecule has 75 heavy (non-hydrogen) atoms. The van der Waals surface area contributed by atoms with Crippen LogP contribution < -0.4 is 35.5 Å². The molecule has 6 amide bonds. The molecule has 5 aromatic rings. The normalized spacial score (nSPS) is 21.9. The fourth-order valence-electron chi connectivity index (χ4n) is 11.2. The number of carbonyl (C=O) groups is 6. The summed E-state index contributed by atoms with van der Waals surface area (Å²) in [6.45, 7) is 3.27. The summed E-state index contributed by atoms with van der Waals surface area (Å²) in [4.78, 5) is 93.8. The minimum absolute atomic E-state index is 0.00651. The van der Waals surface area contributed by atoms with Crippen LogP contribution in [0.4, 0.5) is 15.3 Å². The molecule has 1 spiro atoms. The van der Waals surface area contributed by atoms with Gasteiger partial charge in [0.15, 0.2) is 11.5 Å². The SMILES string of the molecule is COC(=O)[C@@H](NC(=O)N1C(=O)[C@@]2(c3cc(C#CCNC(N)=O)ccc31)[C@H](C(=O)N1CCc3cc(OC)c(OC)cc3C1)[C@H]1C(=O)O[C@H](c3ccccc3)[C@H](c3ccccc3)N1[C@@H]2c1ccc(OCCO)cc1)C(C)C. The van der Waals surface area contributed by atoms with E-state index in [9.17, 15) is 14.7 Å². The van der Waals surface area contributed by atoms with Crippen LogP contribution in [0.3, 0.4) is 0 Å². The van der Waals surface area contributed by atoms with Crippen molar-refractivity contribution in [2.45, 2.75) is 62.5 Å². The molecule has 18 heteroatoms. The van der Waals surface area contributed by atoms with E-state index in [0.717, 1.165) is 16.0 Å². The highest BCUT2D eigenvalue weighted by Gasteiger charge is 2.76. The number of urea groups is 2. The Bertz CT molecular complexity index is 3070. The van der Waals surface area contributed by atoms with Gasteiger partial charge in [-0.25, -0.2) is 19.3 Å². The molecule has 18 nitrogen and oxygen atoms in total. The number of rotatable bonds is 13. The first-order valence-corrected chi connectivity index (χ1v) is 24.6. The van der Waals surface area contributed by atoms with Gasteiger partial charge in [-0.3, -0.25) is 19.3 Å². The number of fused-ring (bicyclic) bond motifs is 4. The molecule has 5 aromatic carbocycles. The molecule has 2 saturated heterocycles. The van der Waals surface area contributed by atoms with Crippen LogP contribution in [-0.2, 0) is 47.0 Å². The first-order valence-electron chi connectivity index (χ1n) is 24.6. The summed E-state index contributed by atoms with van der Waals surface area (Å²) in [5, 5.41) is 14.9. The number of aliphatic hydroxyl groups is 1. The summed E-state index contributed by atoms with van der Waals surface area (Å²) in [5.74, 6) is 2.23. The number of aliphatic hydroxyl groups excluding tert-OH is 1. The number of benzene rings is 5. The number of nitrogens with one attached hydrogen (secondary N) is 2. The lowest BCUT2D eigenvalue weighted by Gasteiger charge is -2.46. The second-order valence-corrected chi connectivity index (χ2v) is 19.0. The van der Waals surface area contributed by atoms with Gasteiger partial charge in [0.25, 0.3) is 0 Å². The van der Waals surface area contributed by atoms with Crippen LogP contribution in [-0.4, -0.2) is 110 Å². The molecule has 388 valence electrons. The first-order chi connectivity index (χ1) is 36.3. The van der Waals surface area contributed by atoms with Crippen molar-refractivity contribution >= 4 is 41.5 Å². The molecule has 0 aliphatic carbocycles. The van der Waals surface area contributed by atoms with Gasteiger partial charge < -0.3 is 50.1 Å². The second-order valence-electron chi connectivity index (χ2n) is 19.0. The van der Waals surface area contributed by atoms with Gasteiger partial charge in [-0.05, 0) is 88.2 Å². The summed E-state index contributed by atoms with van der Waals surface area (Å²) in [5.41, 5.74) is 7.27. The number of cyclic esters (lactones) is 1. The predicted octanol–water partition coefficient (Wildman–Crippen LogP) is 5.25. The van der Waals surface area contributed by atoms with E-state index in [1.165, 1.54) is 14.2 Å². The Kier molecular flexibility index (Phi) is 14.8. The van der Waals surface area contributed by atoms with Gasteiger partial charge in [-0.1, -0.05) is 98.5 Å². The van der Waals surface area contributed by atoms with E-state index in [4.69, 9.17) is 29.4 Å². The van der Waals surface area contributed by atoms with Gasteiger partial charge in [0.1, 0.15) is 36.0 Å². The fraction of sp³-hybridized carbons (Fsp3) is 0.333. The zero-order chi connectivity index (χ0) is 53.1. The number of primary amides is 1. The Morgan fingerprint density at radius 3 is 2.13 bits per heavy atom. The minimum atomic E-state index is -2.17. The summed E-state index contributed by atoms with van der Waals surface area (Å²) in [7, 11) is 4.26. The van der Waals surface area contributed by atoms with Crippen molar-refractivity contribution in [1.29, 1.82) is 0 Å². The third-order valence-electron chi connectivity index (χ3n) is 14.5. The number of hydrogen-bond acceptors (Lipinski definition) is 13. The van der Waals surface area contributed by atoms with Crippen LogP contribution in [0, 0.1) is 23.7 Å². The molecule has 0 bridgehead atoms. The van der Waals surface area contributed by atoms with Crippen molar-refractivity contribution in [3.8, 4) is 29.1 Å². The third kappa shape index (κ3) is 9.33. The molecule has 0 saturated carbocycles. The number of imide groups is 1. The van der Waals surface area contributed by atoms with Gasteiger partial charge in [0.05, 0.1) is 58.2 Å². The Morgan fingerprint density at radius 2 is 1.51 bits per heavy atom. The highest BCUT2D eigenvalue weighted by Crippen LogP contribution is 2.66. The van der Waals surface area contributed by atoms with Gasteiger partial charge in [0.2, 0.25) is 11.8 Å². The maximum atomic E-state index is 16.9. The largest absolute Gasteiger partial charge is 0.493 e. The average Bonchev–Trinajstić information content (AvgIpc) is 3.88. The first kappa shape index (κ1) is 51.5. The highest BCUT2D eigenvalue weighted by atomic mass is 16.6. The minimum Gasteiger partial charge on any atom is -0.493 e. The van der Waals surface area contributed by atoms with Crippen molar-refractivity contribution in [3.05, 3.63) is 154 Å². The monoisotopic (exact) mass is 1020 g/mol. The summed E-state index contributed by atoms with van der Waals surface area (Å²) >= 11 is 0. The van der Waals surface area contributed by atoms with Gasteiger partial charge in [-0.15, -0.1) is 0 Å². The Hall–Kier alpha value is -8.40. The average molecular weight is 1020 g/mol. The molecule has 2 fully saturated rings. The quantitative estimate of drug-likeness (QED) is 0.0874. The van der Waals surface area contributed by atoms with Crippen LogP contribution in [0.2, 0.25) is 0 Å². The molecule has 4 heterocycles. The molecule has 4 aliphatic heterocycles. The maximum absolute atomic E-state index is 16.9. The summed E-state index contributed by atoms with van der Waals surface area (Å²) < 4.78 is 28.9. The Labute approximate surface area is 434 Å². The third-order valence-corrected chi connectivity index (χ3v) is 14.5. The number of methoxy groups -OCH3 is 3. The zero-order valence-electron chi connectivity index (χ0n) is 42.1. The van der Waals surface area contributed by atoms with Crippen LogP contribution >= 0.6 is 0 Å². The number of nitrogens with two attached hydrogens (primary N) is 1. The molecule has 0 aromatic heterocycles. The smallest absolute Gasteiger partial charge is 0.329 e. The number of nitrogens with zero attached hydrogens (tertiary/aromatic N) is 3. The van der Waals surface area contributed by atoms with Crippen LogP contribution in [0.25, 0.3) is 0 Å². The van der Waals surface area contributed by atoms with E-state index in [1.807, 2.05) is 77.7 Å². The van der Waals surface area contributed by atoms with E-state index in [1.54, 1.807) is 68.3 Å². The van der Waals surface area contributed by atoms with E-state index in [2.05, 4.69) is 22.5 Å². The van der Waals surface area contributed by atoms with Crippen molar-refractivity contribution < 1.29 is 57.6 Å². The Balaban J connectivity index is 1.35. The van der Waals surface area contributed by atoms with E-state index < -0.39 is 83.3 Å². The topological polar surface area (TPSA) is 229 Å².